The van der Waals surface area contributed by atoms with Crippen LogP contribution in [0.1, 0.15) is 17.5 Å². The highest BCUT2D eigenvalue weighted by Gasteiger charge is 2.23. The molecular formula is C21H26N2O5S. The summed E-state index contributed by atoms with van der Waals surface area (Å²) in [6.45, 7) is 1.76. The minimum absolute atomic E-state index is 0.0195. The van der Waals surface area contributed by atoms with Gasteiger partial charge in [-0.25, -0.2) is 8.42 Å². The van der Waals surface area contributed by atoms with Gasteiger partial charge in [-0.15, -0.1) is 0 Å². The Kier molecular flexibility index (Phi) is 8.35. The summed E-state index contributed by atoms with van der Waals surface area (Å²) in [6, 6.07) is 15.8. The fraction of sp³-hybridized carbons (Fsp3) is 0.333. The average molecular weight is 419 g/mol. The molecule has 156 valence electrons. The van der Waals surface area contributed by atoms with Gasteiger partial charge in [0.25, 0.3) is 0 Å². The largest absolute Gasteiger partial charge is 0.463 e. The standard InChI is InChI=1S/C21H26N2O5S/c1-17-8-10-18(11-9-17)12-13-20(24)22-14-15-28-21(25)16-23(2)29(26,27)19-6-4-3-5-7-19/h3-11H,12-16H2,1-2H3,(H,22,24). The zero-order valence-electron chi connectivity index (χ0n) is 16.6. The van der Waals surface area contributed by atoms with Crippen LogP contribution in [-0.2, 0) is 30.8 Å². The smallest absolute Gasteiger partial charge is 0.321 e. The summed E-state index contributed by atoms with van der Waals surface area (Å²) in [5, 5.41) is 2.68. The molecule has 0 radical (unpaired) electrons. The summed E-state index contributed by atoms with van der Waals surface area (Å²) in [4.78, 5) is 23.8. The van der Waals surface area contributed by atoms with E-state index < -0.39 is 22.5 Å². The maximum Gasteiger partial charge on any atom is 0.321 e. The van der Waals surface area contributed by atoms with Crippen LogP contribution in [0.4, 0.5) is 0 Å². The number of benzene rings is 2. The van der Waals surface area contributed by atoms with Gasteiger partial charge in [-0.05, 0) is 31.0 Å². The van der Waals surface area contributed by atoms with Crippen molar-refractivity contribution in [3.05, 3.63) is 65.7 Å². The lowest BCUT2D eigenvalue weighted by molar-refractivity contribution is -0.143. The first-order chi connectivity index (χ1) is 13.8. The summed E-state index contributed by atoms with van der Waals surface area (Å²) in [6.07, 6.45) is 0.975. The highest BCUT2D eigenvalue weighted by Crippen LogP contribution is 2.13. The van der Waals surface area contributed by atoms with E-state index in [1.54, 1.807) is 18.2 Å². The summed E-state index contributed by atoms with van der Waals surface area (Å²) in [5.41, 5.74) is 2.25. The highest BCUT2D eigenvalue weighted by atomic mass is 32.2. The fourth-order valence-electron chi connectivity index (χ4n) is 2.54. The first-order valence-electron chi connectivity index (χ1n) is 9.28. The zero-order valence-corrected chi connectivity index (χ0v) is 17.4. The molecule has 0 heterocycles. The summed E-state index contributed by atoms with van der Waals surface area (Å²) in [5.74, 6) is -0.814. The molecule has 2 aromatic carbocycles. The molecule has 2 aromatic rings. The molecule has 0 atom stereocenters. The van der Waals surface area contributed by atoms with E-state index in [-0.39, 0.29) is 24.0 Å². The molecule has 0 aliphatic carbocycles. The van der Waals surface area contributed by atoms with Gasteiger partial charge in [-0.2, -0.15) is 4.31 Å². The second kappa shape index (κ2) is 10.7. The van der Waals surface area contributed by atoms with Crippen molar-refractivity contribution in [3.63, 3.8) is 0 Å². The number of ether oxygens (including phenoxy) is 1. The third-order valence-corrected chi connectivity index (χ3v) is 6.07. The minimum Gasteiger partial charge on any atom is -0.463 e. The van der Waals surface area contributed by atoms with E-state index in [0.29, 0.717) is 12.8 Å². The van der Waals surface area contributed by atoms with Crippen molar-refractivity contribution in [2.75, 3.05) is 26.7 Å². The van der Waals surface area contributed by atoms with E-state index in [9.17, 15) is 18.0 Å². The number of amides is 1. The number of nitrogens with one attached hydrogen (secondary N) is 1. The Morgan fingerprint density at radius 2 is 1.69 bits per heavy atom. The van der Waals surface area contributed by atoms with Gasteiger partial charge in [0.2, 0.25) is 15.9 Å². The van der Waals surface area contributed by atoms with Crippen LogP contribution in [-0.4, -0.2) is 51.3 Å². The predicted molar refractivity (Wildman–Crippen MR) is 110 cm³/mol. The van der Waals surface area contributed by atoms with Crippen LogP contribution in [0.5, 0.6) is 0 Å². The maximum atomic E-state index is 12.4. The lowest BCUT2D eigenvalue weighted by Crippen LogP contribution is -2.34. The Balaban J connectivity index is 1.66. The van der Waals surface area contributed by atoms with Gasteiger partial charge in [0.05, 0.1) is 11.4 Å². The van der Waals surface area contributed by atoms with Crippen molar-refractivity contribution >= 4 is 21.9 Å². The first-order valence-corrected chi connectivity index (χ1v) is 10.7. The molecule has 0 aliphatic rings. The van der Waals surface area contributed by atoms with Crippen molar-refractivity contribution in [2.24, 2.45) is 0 Å². The number of carbonyl (C=O) groups is 2. The van der Waals surface area contributed by atoms with Crippen LogP contribution in [0.2, 0.25) is 0 Å². The minimum atomic E-state index is -3.75. The molecule has 8 heteroatoms. The quantitative estimate of drug-likeness (QED) is 0.470. The molecular weight excluding hydrogens is 392 g/mol. The number of rotatable bonds is 10. The second-order valence-corrected chi connectivity index (χ2v) is 8.68. The van der Waals surface area contributed by atoms with Crippen LogP contribution in [0.15, 0.2) is 59.5 Å². The van der Waals surface area contributed by atoms with Gasteiger partial charge in [0.15, 0.2) is 0 Å². The Morgan fingerprint density at radius 1 is 1.03 bits per heavy atom. The van der Waals surface area contributed by atoms with Crippen LogP contribution in [0, 0.1) is 6.92 Å². The number of likely N-dealkylation sites (N-methyl/N-ethyl adjacent to an activating group) is 1. The van der Waals surface area contributed by atoms with Crippen molar-refractivity contribution in [1.82, 2.24) is 9.62 Å². The van der Waals surface area contributed by atoms with E-state index in [2.05, 4.69) is 5.32 Å². The van der Waals surface area contributed by atoms with Crippen LogP contribution in [0.3, 0.4) is 0 Å². The first kappa shape index (κ1) is 22.6. The Hall–Kier alpha value is -2.71. The third-order valence-electron chi connectivity index (χ3n) is 4.25. The van der Waals surface area contributed by atoms with E-state index in [1.807, 2.05) is 31.2 Å². The molecule has 0 aromatic heterocycles. The van der Waals surface area contributed by atoms with E-state index in [1.165, 1.54) is 24.7 Å². The molecule has 0 aliphatic heterocycles. The number of aryl methyl sites for hydroxylation is 2. The SMILES string of the molecule is Cc1ccc(CCC(=O)NCCOC(=O)CN(C)S(=O)(=O)c2ccccc2)cc1. The van der Waals surface area contributed by atoms with Crippen molar-refractivity contribution in [2.45, 2.75) is 24.7 Å². The van der Waals surface area contributed by atoms with Gasteiger partial charge >= 0.3 is 5.97 Å². The van der Waals surface area contributed by atoms with Gasteiger partial charge in [-0.3, -0.25) is 9.59 Å². The molecule has 0 fully saturated rings. The molecule has 7 nitrogen and oxygen atoms in total. The van der Waals surface area contributed by atoms with E-state index >= 15 is 0 Å². The van der Waals surface area contributed by atoms with Crippen molar-refractivity contribution < 1.29 is 22.7 Å². The molecule has 0 spiro atoms. The number of hydrogen-bond donors (Lipinski definition) is 1. The Morgan fingerprint density at radius 3 is 2.34 bits per heavy atom. The van der Waals surface area contributed by atoms with Crippen LogP contribution >= 0.6 is 0 Å². The monoisotopic (exact) mass is 418 g/mol. The predicted octanol–water partition coefficient (Wildman–Crippen LogP) is 1.91. The number of esters is 1. The number of nitrogens with zero attached hydrogens (tertiary/aromatic N) is 1. The van der Waals surface area contributed by atoms with Gasteiger partial charge in [0.1, 0.15) is 13.2 Å². The lowest BCUT2D eigenvalue weighted by atomic mass is 10.1. The van der Waals surface area contributed by atoms with E-state index in [4.69, 9.17) is 4.74 Å². The lowest BCUT2D eigenvalue weighted by Gasteiger charge is -2.16. The normalized spacial score (nSPS) is 11.3. The summed E-state index contributed by atoms with van der Waals surface area (Å²) < 4.78 is 30.7. The molecule has 1 N–H and O–H groups in total. The highest BCUT2D eigenvalue weighted by molar-refractivity contribution is 7.89. The molecule has 0 unspecified atom stereocenters. The van der Waals surface area contributed by atoms with Gasteiger partial charge in [0, 0.05) is 13.5 Å². The van der Waals surface area contributed by atoms with E-state index in [0.717, 1.165) is 9.87 Å². The zero-order chi connectivity index (χ0) is 21.3. The van der Waals surface area contributed by atoms with Gasteiger partial charge in [-0.1, -0.05) is 48.0 Å². The second-order valence-electron chi connectivity index (χ2n) is 6.63. The summed E-state index contributed by atoms with van der Waals surface area (Å²) in [7, 11) is -2.44. The molecule has 0 saturated heterocycles. The maximum absolute atomic E-state index is 12.4. The van der Waals surface area contributed by atoms with Crippen molar-refractivity contribution in [3.8, 4) is 0 Å². The molecule has 1 amide bonds. The Bertz CT molecular complexity index is 912. The topological polar surface area (TPSA) is 92.8 Å². The molecule has 29 heavy (non-hydrogen) atoms. The van der Waals surface area contributed by atoms with Crippen LogP contribution in [0.25, 0.3) is 0 Å². The third kappa shape index (κ3) is 7.32. The fourth-order valence-corrected chi connectivity index (χ4v) is 3.68. The van der Waals surface area contributed by atoms with Gasteiger partial charge < -0.3 is 10.1 Å². The summed E-state index contributed by atoms with van der Waals surface area (Å²) >= 11 is 0. The van der Waals surface area contributed by atoms with Crippen molar-refractivity contribution in [1.29, 1.82) is 0 Å². The van der Waals surface area contributed by atoms with Crippen LogP contribution < -0.4 is 5.32 Å². The average Bonchev–Trinajstić information content (AvgIpc) is 2.71. The Labute approximate surface area is 171 Å². The number of hydrogen-bond acceptors (Lipinski definition) is 5. The molecule has 2 rings (SSSR count). The number of sulfonamides is 1. The molecule has 0 bridgehead atoms. The number of carbonyl (C=O) groups excluding carboxylic acids is 2. The molecule has 0 saturated carbocycles.